The molecule has 3 saturated carbocycles. The summed E-state index contributed by atoms with van der Waals surface area (Å²) in [6, 6.07) is 0. The Balaban J connectivity index is 2.04. The first-order valence-corrected chi connectivity index (χ1v) is 7.42. The smallest absolute Gasteiger partial charge is 0.0684 e. The maximum atomic E-state index is 5.94. The molecule has 0 amide bonds. The second kappa shape index (κ2) is 3.29. The third-order valence-corrected chi connectivity index (χ3v) is 7.23. The zero-order valence-corrected chi connectivity index (χ0v) is 12.2. The summed E-state index contributed by atoms with van der Waals surface area (Å²) in [7, 11) is 1.92. The van der Waals surface area contributed by atoms with Gasteiger partial charge in [-0.1, -0.05) is 20.8 Å². The van der Waals surface area contributed by atoms with Gasteiger partial charge in [0.2, 0.25) is 0 Å². The van der Waals surface area contributed by atoms with Crippen LogP contribution in [0.5, 0.6) is 0 Å². The first-order valence-electron chi connectivity index (χ1n) is 7.42. The van der Waals surface area contributed by atoms with Gasteiger partial charge in [-0.15, -0.1) is 0 Å². The van der Waals surface area contributed by atoms with E-state index in [1.54, 1.807) is 0 Å². The van der Waals surface area contributed by atoms with Crippen LogP contribution >= 0.6 is 0 Å². The predicted molar refractivity (Wildman–Crippen MR) is 70.9 cm³/mol. The van der Waals surface area contributed by atoms with Gasteiger partial charge < -0.3 is 4.74 Å². The Morgan fingerprint density at radius 2 is 1.71 bits per heavy atom. The van der Waals surface area contributed by atoms with E-state index in [0.29, 0.717) is 10.8 Å². The van der Waals surface area contributed by atoms with Crippen molar-refractivity contribution in [2.24, 2.45) is 28.6 Å². The van der Waals surface area contributed by atoms with Crippen molar-refractivity contribution in [1.29, 1.82) is 0 Å². The zero-order valence-electron chi connectivity index (χ0n) is 12.2. The zero-order chi connectivity index (χ0) is 12.5. The summed E-state index contributed by atoms with van der Waals surface area (Å²) in [6.45, 7) is 9.90. The van der Waals surface area contributed by atoms with Gasteiger partial charge in [-0.25, -0.2) is 0 Å². The molecule has 1 spiro atoms. The van der Waals surface area contributed by atoms with E-state index in [1.165, 1.54) is 32.1 Å². The Morgan fingerprint density at radius 3 is 2.35 bits per heavy atom. The third kappa shape index (κ3) is 1.25. The molecule has 5 atom stereocenters. The summed E-state index contributed by atoms with van der Waals surface area (Å²) in [5.74, 6) is 2.66. The van der Waals surface area contributed by atoms with E-state index >= 15 is 0 Å². The highest BCUT2D eigenvalue weighted by Crippen LogP contribution is 2.73. The summed E-state index contributed by atoms with van der Waals surface area (Å²) in [6.07, 6.45) is 7.03. The van der Waals surface area contributed by atoms with E-state index in [-0.39, 0.29) is 5.60 Å². The molecular weight excluding hydrogens is 208 g/mol. The quantitative estimate of drug-likeness (QED) is 0.661. The molecule has 2 bridgehead atoms. The third-order valence-electron chi connectivity index (χ3n) is 7.23. The molecule has 0 aromatic carbocycles. The lowest BCUT2D eigenvalue weighted by atomic mass is 9.64. The summed E-state index contributed by atoms with van der Waals surface area (Å²) in [4.78, 5) is 0. The van der Waals surface area contributed by atoms with E-state index in [9.17, 15) is 0 Å². The van der Waals surface area contributed by atoms with Gasteiger partial charge in [-0.05, 0) is 67.6 Å². The Bertz CT molecular complexity index is 334. The van der Waals surface area contributed by atoms with Gasteiger partial charge in [0, 0.05) is 7.11 Å². The molecule has 17 heavy (non-hydrogen) atoms. The Labute approximate surface area is 106 Å². The van der Waals surface area contributed by atoms with E-state index in [4.69, 9.17) is 4.74 Å². The molecule has 3 aliphatic rings. The standard InChI is InChI=1S/C16H28O/c1-11-6-7-12-14(2,3)13-10-16(11,12)9-8-15(13,4)17-5/h11-13H,6-10H2,1-5H3/t11-,12-,13-,15+,16-/m0/s1. The van der Waals surface area contributed by atoms with Crippen LogP contribution in [0, 0.1) is 28.6 Å². The van der Waals surface area contributed by atoms with Crippen LogP contribution in [0.3, 0.4) is 0 Å². The molecule has 0 radical (unpaired) electrons. The molecule has 1 heteroatoms. The fourth-order valence-electron chi connectivity index (χ4n) is 6.10. The van der Waals surface area contributed by atoms with Gasteiger partial charge >= 0.3 is 0 Å². The number of hydrogen-bond acceptors (Lipinski definition) is 1. The normalized spacial score (nSPS) is 55.9. The predicted octanol–water partition coefficient (Wildman–Crippen LogP) is 4.26. The molecule has 0 aliphatic heterocycles. The van der Waals surface area contributed by atoms with Gasteiger partial charge in [-0.2, -0.15) is 0 Å². The highest BCUT2D eigenvalue weighted by molar-refractivity contribution is 5.17. The maximum absolute atomic E-state index is 5.94. The van der Waals surface area contributed by atoms with Crippen LogP contribution in [-0.2, 0) is 4.74 Å². The largest absolute Gasteiger partial charge is 0.378 e. The molecular formula is C16H28O. The van der Waals surface area contributed by atoms with Crippen molar-refractivity contribution in [3.05, 3.63) is 0 Å². The van der Waals surface area contributed by atoms with Crippen LogP contribution in [-0.4, -0.2) is 12.7 Å². The lowest BCUT2D eigenvalue weighted by Gasteiger charge is -2.46. The molecule has 3 aliphatic carbocycles. The molecule has 0 N–H and O–H groups in total. The van der Waals surface area contributed by atoms with Crippen LogP contribution in [0.2, 0.25) is 0 Å². The molecule has 0 unspecified atom stereocenters. The number of methoxy groups -OCH3 is 1. The summed E-state index contributed by atoms with van der Waals surface area (Å²) in [5.41, 5.74) is 1.29. The van der Waals surface area contributed by atoms with Gasteiger partial charge in [0.05, 0.1) is 5.60 Å². The topological polar surface area (TPSA) is 9.23 Å². The van der Waals surface area contributed by atoms with E-state index in [1.807, 2.05) is 7.11 Å². The van der Waals surface area contributed by atoms with Crippen LogP contribution < -0.4 is 0 Å². The van der Waals surface area contributed by atoms with Crippen LogP contribution in [0.15, 0.2) is 0 Å². The fourth-order valence-corrected chi connectivity index (χ4v) is 6.10. The van der Waals surface area contributed by atoms with Gasteiger partial charge in [0.15, 0.2) is 0 Å². The number of ether oxygens (including phenoxy) is 1. The van der Waals surface area contributed by atoms with Crippen molar-refractivity contribution in [1.82, 2.24) is 0 Å². The molecule has 98 valence electrons. The SMILES string of the molecule is CO[C@]1(C)CC[C@@]23C[C@H]1C(C)(C)[C@@H]2CC[C@@H]3C. The van der Waals surface area contributed by atoms with E-state index < -0.39 is 0 Å². The van der Waals surface area contributed by atoms with Crippen molar-refractivity contribution >= 4 is 0 Å². The molecule has 3 fully saturated rings. The van der Waals surface area contributed by atoms with Crippen molar-refractivity contribution in [2.75, 3.05) is 7.11 Å². The average molecular weight is 236 g/mol. The molecule has 1 nitrogen and oxygen atoms in total. The molecule has 0 aromatic heterocycles. The van der Waals surface area contributed by atoms with Gasteiger partial charge in [-0.3, -0.25) is 0 Å². The Kier molecular flexibility index (Phi) is 2.32. The summed E-state index contributed by atoms with van der Waals surface area (Å²) < 4.78 is 5.94. The number of rotatable bonds is 1. The van der Waals surface area contributed by atoms with Crippen LogP contribution in [0.1, 0.15) is 59.8 Å². The minimum absolute atomic E-state index is 0.138. The van der Waals surface area contributed by atoms with Crippen LogP contribution in [0.25, 0.3) is 0 Å². The first-order chi connectivity index (χ1) is 7.87. The number of fused-ring (bicyclic) bond motifs is 1. The highest BCUT2D eigenvalue weighted by Gasteiger charge is 2.68. The van der Waals surface area contributed by atoms with Crippen molar-refractivity contribution in [3.8, 4) is 0 Å². The average Bonchev–Trinajstić information content (AvgIpc) is 2.70. The lowest BCUT2D eigenvalue weighted by molar-refractivity contribution is -0.100. The van der Waals surface area contributed by atoms with Crippen molar-refractivity contribution in [3.63, 3.8) is 0 Å². The van der Waals surface area contributed by atoms with Crippen molar-refractivity contribution in [2.45, 2.75) is 65.4 Å². The fraction of sp³-hybridized carbons (Fsp3) is 1.00. The highest BCUT2D eigenvalue weighted by atomic mass is 16.5. The van der Waals surface area contributed by atoms with E-state index in [2.05, 4.69) is 27.7 Å². The minimum atomic E-state index is 0.138. The summed E-state index contributed by atoms with van der Waals surface area (Å²) >= 11 is 0. The van der Waals surface area contributed by atoms with E-state index in [0.717, 1.165) is 17.8 Å². The van der Waals surface area contributed by atoms with Gasteiger partial charge in [0.1, 0.15) is 0 Å². The lowest BCUT2D eigenvalue weighted by Crippen LogP contribution is -2.45. The second-order valence-electron chi connectivity index (χ2n) is 7.86. The van der Waals surface area contributed by atoms with Crippen molar-refractivity contribution < 1.29 is 4.74 Å². The first kappa shape index (κ1) is 12.0. The maximum Gasteiger partial charge on any atom is 0.0684 e. The molecule has 0 saturated heterocycles. The minimum Gasteiger partial charge on any atom is -0.378 e. The Morgan fingerprint density at radius 1 is 1.00 bits per heavy atom. The monoisotopic (exact) mass is 236 g/mol. The molecule has 0 heterocycles. The second-order valence-corrected chi connectivity index (χ2v) is 7.86. The molecule has 3 rings (SSSR count). The summed E-state index contributed by atoms with van der Waals surface area (Å²) in [5, 5.41) is 0. The van der Waals surface area contributed by atoms with Crippen LogP contribution in [0.4, 0.5) is 0 Å². The Hall–Kier alpha value is -0.0400. The number of hydrogen-bond donors (Lipinski definition) is 0. The van der Waals surface area contributed by atoms with Gasteiger partial charge in [0.25, 0.3) is 0 Å². The molecule has 0 aromatic rings.